The summed E-state index contributed by atoms with van der Waals surface area (Å²) in [5.74, 6) is -0.159. The number of rotatable bonds is 3. The van der Waals surface area contributed by atoms with Gasteiger partial charge in [0.05, 0.1) is 11.4 Å². The predicted molar refractivity (Wildman–Crippen MR) is 81.0 cm³/mol. The first-order chi connectivity index (χ1) is 9.10. The molecular formula is C14H12BrClN2O. The van der Waals surface area contributed by atoms with Crippen LogP contribution in [0.15, 0.2) is 36.4 Å². The van der Waals surface area contributed by atoms with Gasteiger partial charge in [0, 0.05) is 10.9 Å². The molecule has 3 nitrogen and oxygen atoms in total. The van der Waals surface area contributed by atoms with Crippen LogP contribution in [-0.2, 0) is 5.33 Å². The van der Waals surface area contributed by atoms with Crippen molar-refractivity contribution in [1.29, 1.82) is 0 Å². The van der Waals surface area contributed by atoms with Crippen LogP contribution in [0, 0.1) is 6.92 Å². The van der Waals surface area contributed by atoms with Gasteiger partial charge in [0.15, 0.2) is 0 Å². The summed E-state index contributed by atoms with van der Waals surface area (Å²) in [6.45, 7) is 1.80. The van der Waals surface area contributed by atoms with E-state index < -0.39 is 0 Å². The van der Waals surface area contributed by atoms with Crippen LogP contribution in [0.1, 0.15) is 21.6 Å². The number of nitrogens with one attached hydrogen (secondary N) is 1. The SMILES string of the molecule is Cc1nc(Cl)ccc1NC(=O)c1ccc(CBr)cc1. The molecule has 0 fully saturated rings. The average Bonchev–Trinajstić information content (AvgIpc) is 2.42. The van der Waals surface area contributed by atoms with E-state index >= 15 is 0 Å². The highest BCUT2D eigenvalue weighted by Gasteiger charge is 2.08. The highest BCUT2D eigenvalue weighted by molar-refractivity contribution is 9.08. The standard InChI is InChI=1S/C14H12BrClN2O/c1-9-12(6-7-13(16)17-9)18-14(19)11-4-2-10(8-15)3-5-11/h2-7H,8H2,1H3,(H,18,19). The Kier molecular flexibility index (Phi) is 4.56. The lowest BCUT2D eigenvalue weighted by molar-refractivity contribution is 0.102. The van der Waals surface area contributed by atoms with Crippen LogP contribution >= 0.6 is 27.5 Å². The smallest absolute Gasteiger partial charge is 0.255 e. The molecular weight excluding hydrogens is 328 g/mol. The molecule has 0 aliphatic carbocycles. The highest BCUT2D eigenvalue weighted by Crippen LogP contribution is 2.17. The van der Waals surface area contributed by atoms with Crippen LogP contribution in [0.25, 0.3) is 0 Å². The maximum atomic E-state index is 12.1. The molecule has 0 saturated heterocycles. The number of carbonyl (C=O) groups is 1. The number of halogens is 2. The van der Waals surface area contributed by atoms with Crippen LogP contribution < -0.4 is 5.32 Å². The second kappa shape index (κ2) is 6.17. The molecule has 0 aliphatic rings. The van der Waals surface area contributed by atoms with Crippen molar-refractivity contribution in [3.63, 3.8) is 0 Å². The maximum absolute atomic E-state index is 12.1. The van der Waals surface area contributed by atoms with Gasteiger partial charge in [-0.2, -0.15) is 0 Å². The molecule has 0 aliphatic heterocycles. The number of aromatic nitrogens is 1. The van der Waals surface area contributed by atoms with Crippen LogP contribution in [0.2, 0.25) is 5.15 Å². The molecule has 0 unspecified atom stereocenters. The van der Waals surface area contributed by atoms with Gasteiger partial charge < -0.3 is 5.32 Å². The number of amides is 1. The molecule has 1 heterocycles. The van der Waals surface area contributed by atoms with E-state index in [1.807, 2.05) is 12.1 Å². The van der Waals surface area contributed by atoms with Crippen molar-refractivity contribution < 1.29 is 4.79 Å². The lowest BCUT2D eigenvalue weighted by atomic mass is 10.1. The minimum absolute atomic E-state index is 0.159. The zero-order valence-corrected chi connectivity index (χ0v) is 12.6. The van der Waals surface area contributed by atoms with Gasteiger partial charge in [-0.1, -0.05) is 39.7 Å². The van der Waals surface area contributed by atoms with Gasteiger partial charge in [-0.15, -0.1) is 0 Å². The third-order valence-corrected chi connectivity index (χ3v) is 3.53. The fraction of sp³-hybridized carbons (Fsp3) is 0.143. The maximum Gasteiger partial charge on any atom is 0.255 e. The second-order valence-corrected chi connectivity index (χ2v) is 5.00. The molecule has 2 aromatic rings. The first-order valence-electron chi connectivity index (χ1n) is 5.69. The summed E-state index contributed by atoms with van der Waals surface area (Å²) < 4.78 is 0. The number of aryl methyl sites for hydroxylation is 1. The molecule has 0 saturated carbocycles. The second-order valence-electron chi connectivity index (χ2n) is 4.05. The van der Waals surface area contributed by atoms with E-state index in [0.717, 1.165) is 10.9 Å². The number of carbonyl (C=O) groups excluding carboxylic acids is 1. The Morgan fingerprint density at radius 2 is 1.95 bits per heavy atom. The zero-order chi connectivity index (χ0) is 13.8. The molecule has 19 heavy (non-hydrogen) atoms. The third-order valence-electron chi connectivity index (χ3n) is 2.67. The lowest BCUT2D eigenvalue weighted by Crippen LogP contribution is -2.13. The fourth-order valence-electron chi connectivity index (χ4n) is 1.60. The summed E-state index contributed by atoms with van der Waals surface area (Å²) in [7, 11) is 0. The lowest BCUT2D eigenvalue weighted by Gasteiger charge is -2.08. The number of nitrogens with zero attached hydrogens (tertiary/aromatic N) is 1. The average molecular weight is 340 g/mol. The first kappa shape index (κ1) is 14.0. The van der Waals surface area contributed by atoms with Crippen molar-refractivity contribution in [3.8, 4) is 0 Å². The molecule has 0 atom stereocenters. The number of alkyl halides is 1. The van der Waals surface area contributed by atoms with Gasteiger partial charge in [0.25, 0.3) is 5.91 Å². The summed E-state index contributed by atoms with van der Waals surface area (Å²) in [6, 6.07) is 10.8. The van der Waals surface area contributed by atoms with Gasteiger partial charge in [0.2, 0.25) is 0 Å². The van der Waals surface area contributed by atoms with E-state index in [2.05, 4.69) is 26.2 Å². The molecule has 1 amide bonds. The Morgan fingerprint density at radius 3 is 2.53 bits per heavy atom. The summed E-state index contributed by atoms with van der Waals surface area (Å²) >= 11 is 9.14. The number of pyridine rings is 1. The first-order valence-corrected chi connectivity index (χ1v) is 7.19. The van der Waals surface area contributed by atoms with Crippen molar-refractivity contribution in [3.05, 3.63) is 58.4 Å². The van der Waals surface area contributed by atoms with Gasteiger partial charge >= 0.3 is 0 Å². The minimum atomic E-state index is -0.159. The Hall–Kier alpha value is -1.39. The molecule has 1 N–H and O–H groups in total. The largest absolute Gasteiger partial charge is 0.320 e. The Labute approximate surface area is 125 Å². The van der Waals surface area contributed by atoms with Crippen molar-refractivity contribution in [2.75, 3.05) is 5.32 Å². The molecule has 1 aromatic heterocycles. The quantitative estimate of drug-likeness (QED) is 0.673. The van der Waals surface area contributed by atoms with Crippen molar-refractivity contribution >= 4 is 39.1 Å². The van der Waals surface area contributed by atoms with E-state index in [9.17, 15) is 4.79 Å². The number of anilines is 1. The molecule has 0 radical (unpaired) electrons. The Morgan fingerprint density at radius 1 is 1.26 bits per heavy atom. The molecule has 0 spiro atoms. The highest BCUT2D eigenvalue weighted by atomic mass is 79.9. The number of hydrogen-bond acceptors (Lipinski definition) is 2. The van der Waals surface area contributed by atoms with Gasteiger partial charge in [0.1, 0.15) is 5.15 Å². The number of hydrogen-bond donors (Lipinski definition) is 1. The molecule has 0 bridgehead atoms. The topological polar surface area (TPSA) is 42.0 Å². The minimum Gasteiger partial charge on any atom is -0.320 e. The third kappa shape index (κ3) is 3.55. The van der Waals surface area contributed by atoms with Crippen molar-refractivity contribution in [1.82, 2.24) is 4.98 Å². The van der Waals surface area contributed by atoms with Crippen LogP contribution in [0.5, 0.6) is 0 Å². The summed E-state index contributed by atoms with van der Waals surface area (Å²) in [5, 5.41) is 4.01. The fourth-order valence-corrected chi connectivity index (χ4v) is 2.17. The normalized spacial score (nSPS) is 10.3. The van der Waals surface area contributed by atoms with E-state index in [4.69, 9.17) is 11.6 Å². The summed E-state index contributed by atoms with van der Waals surface area (Å²) in [5.41, 5.74) is 3.09. The number of benzene rings is 1. The van der Waals surface area contributed by atoms with Gasteiger partial charge in [-0.25, -0.2) is 4.98 Å². The molecule has 98 valence electrons. The van der Waals surface area contributed by atoms with Crippen molar-refractivity contribution in [2.24, 2.45) is 0 Å². The van der Waals surface area contributed by atoms with E-state index in [1.165, 1.54) is 0 Å². The Balaban J connectivity index is 2.15. The van der Waals surface area contributed by atoms with E-state index in [-0.39, 0.29) is 5.91 Å². The van der Waals surface area contributed by atoms with Crippen LogP contribution in [-0.4, -0.2) is 10.9 Å². The van der Waals surface area contributed by atoms with Crippen molar-refractivity contribution in [2.45, 2.75) is 12.3 Å². The molecule has 1 aromatic carbocycles. The monoisotopic (exact) mass is 338 g/mol. The Bertz CT molecular complexity index is 599. The predicted octanol–water partition coefficient (Wildman–Crippen LogP) is 4.19. The van der Waals surface area contributed by atoms with Crippen LogP contribution in [0.3, 0.4) is 0 Å². The summed E-state index contributed by atoms with van der Waals surface area (Å²) in [4.78, 5) is 16.2. The molecule has 5 heteroatoms. The summed E-state index contributed by atoms with van der Waals surface area (Å²) in [6.07, 6.45) is 0. The zero-order valence-electron chi connectivity index (χ0n) is 10.3. The van der Waals surface area contributed by atoms with Gasteiger partial charge in [-0.05, 0) is 36.8 Å². The molecule has 2 rings (SSSR count). The van der Waals surface area contributed by atoms with E-state index in [1.54, 1.807) is 31.2 Å². The van der Waals surface area contributed by atoms with Crippen LogP contribution in [0.4, 0.5) is 5.69 Å². The van der Waals surface area contributed by atoms with E-state index in [0.29, 0.717) is 22.1 Å². The van der Waals surface area contributed by atoms with Gasteiger partial charge in [-0.3, -0.25) is 4.79 Å².